The highest BCUT2D eigenvalue weighted by Crippen LogP contribution is 2.23. The van der Waals surface area contributed by atoms with E-state index in [1.54, 1.807) is 6.07 Å². The SMILES string of the molecule is C[C@H](Sc1ccc(S(=O)(=O)N(C)C)cn1)C(=O)NCCC1=CCCCC1. The number of pyridine rings is 1. The van der Waals surface area contributed by atoms with E-state index in [1.807, 2.05) is 6.92 Å². The number of carbonyl (C=O) groups is 1. The second kappa shape index (κ2) is 9.53. The van der Waals surface area contributed by atoms with Crippen molar-refractivity contribution in [2.24, 2.45) is 0 Å². The number of hydrogen-bond acceptors (Lipinski definition) is 5. The maximum absolute atomic E-state index is 12.2. The molecule has 1 aliphatic carbocycles. The predicted octanol–water partition coefficient (Wildman–Crippen LogP) is 2.82. The van der Waals surface area contributed by atoms with Crippen molar-refractivity contribution >= 4 is 27.7 Å². The van der Waals surface area contributed by atoms with E-state index in [4.69, 9.17) is 0 Å². The number of amides is 1. The molecule has 0 bridgehead atoms. The van der Waals surface area contributed by atoms with E-state index in [9.17, 15) is 13.2 Å². The average molecular weight is 398 g/mol. The topological polar surface area (TPSA) is 79.4 Å². The number of thioether (sulfide) groups is 1. The number of nitrogens with one attached hydrogen (secondary N) is 1. The minimum Gasteiger partial charge on any atom is -0.355 e. The van der Waals surface area contributed by atoms with Crippen molar-refractivity contribution in [3.63, 3.8) is 0 Å². The fraction of sp³-hybridized carbons (Fsp3) is 0.556. The van der Waals surface area contributed by atoms with Crippen molar-refractivity contribution in [3.8, 4) is 0 Å². The molecule has 1 heterocycles. The molecule has 1 aromatic rings. The van der Waals surface area contributed by atoms with Gasteiger partial charge in [0.05, 0.1) is 10.3 Å². The molecule has 1 N–H and O–H groups in total. The van der Waals surface area contributed by atoms with Gasteiger partial charge in [-0.2, -0.15) is 0 Å². The number of aromatic nitrogens is 1. The van der Waals surface area contributed by atoms with Crippen molar-refractivity contribution in [2.45, 2.75) is 54.2 Å². The Labute approximate surface area is 160 Å². The van der Waals surface area contributed by atoms with Gasteiger partial charge in [-0.3, -0.25) is 4.79 Å². The van der Waals surface area contributed by atoms with Gasteiger partial charge in [-0.15, -0.1) is 0 Å². The summed E-state index contributed by atoms with van der Waals surface area (Å²) in [6, 6.07) is 3.16. The Morgan fingerprint density at radius 1 is 1.35 bits per heavy atom. The lowest BCUT2D eigenvalue weighted by Crippen LogP contribution is -2.32. The van der Waals surface area contributed by atoms with Gasteiger partial charge in [0.1, 0.15) is 4.90 Å². The van der Waals surface area contributed by atoms with E-state index in [2.05, 4.69) is 16.4 Å². The van der Waals surface area contributed by atoms with E-state index in [0.29, 0.717) is 11.6 Å². The minimum absolute atomic E-state index is 0.0294. The molecule has 26 heavy (non-hydrogen) atoms. The van der Waals surface area contributed by atoms with Gasteiger partial charge in [-0.25, -0.2) is 17.7 Å². The fourth-order valence-electron chi connectivity index (χ4n) is 2.66. The molecule has 0 saturated carbocycles. The largest absolute Gasteiger partial charge is 0.355 e. The zero-order valence-corrected chi connectivity index (χ0v) is 17.2. The van der Waals surface area contributed by atoms with Crippen LogP contribution in [0.5, 0.6) is 0 Å². The maximum Gasteiger partial charge on any atom is 0.244 e. The second-order valence-corrected chi connectivity index (χ2v) is 10.0. The predicted molar refractivity (Wildman–Crippen MR) is 105 cm³/mol. The quantitative estimate of drug-likeness (QED) is 0.539. The number of sulfonamides is 1. The molecule has 0 spiro atoms. The van der Waals surface area contributed by atoms with Crippen LogP contribution in [0.25, 0.3) is 0 Å². The van der Waals surface area contributed by atoms with E-state index < -0.39 is 10.0 Å². The molecule has 1 atom stereocenters. The normalized spacial score (nSPS) is 16.2. The Balaban J connectivity index is 1.83. The summed E-state index contributed by atoms with van der Waals surface area (Å²) in [7, 11) is -0.524. The van der Waals surface area contributed by atoms with Gasteiger partial charge < -0.3 is 5.32 Å². The Morgan fingerprint density at radius 3 is 2.69 bits per heavy atom. The summed E-state index contributed by atoms with van der Waals surface area (Å²) in [5.41, 5.74) is 1.44. The van der Waals surface area contributed by atoms with Gasteiger partial charge in [-0.1, -0.05) is 23.4 Å². The number of carbonyl (C=O) groups excluding carboxylic acids is 1. The fourth-order valence-corrected chi connectivity index (χ4v) is 4.32. The van der Waals surface area contributed by atoms with Gasteiger partial charge in [0.2, 0.25) is 15.9 Å². The van der Waals surface area contributed by atoms with Crippen molar-refractivity contribution in [1.82, 2.24) is 14.6 Å². The van der Waals surface area contributed by atoms with Gasteiger partial charge in [0, 0.05) is 26.8 Å². The average Bonchev–Trinajstić information content (AvgIpc) is 2.62. The summed E-state index contributed by atoms with van der Waals surface area (Å²) < 4.78 is 25.2. The number of hydrogen-bond donors (Lipinski definition) is 1. The molecule has 0 radical (unpaired) electrons. The molecule has 1 aromatic heterocycles. The van der Waals surface area contributed by atoms with Crippen LogP contribution >= 0.6 is 11.8 Å². The minimum atomic E-state index is -3.48. The van der Waals surface area contributed by atoms with Crippen LogP contribution in [0.2, 0.25) is 0 Å². The summed E-state index contributed by atoms with van der Waals surface area (Å²) in [5, 5.41) is 3.30. The number of rotatable bonds is 8. The van der Waals surface area contributed by atoms with Gasteiger partial charge in [-0.05, 0) is 51.2 Å². The standard InChI is InChI=1S/C18H27N3O3S2/c1-14(18(22)19-12-11-15-7-5-4-6-8-15)25-17-10-9-16(13-20-17)26(23,24)21(2)3/h7,9-10,13-14H,4-6,8,11-12H2,1-3H3,(H,19,22)/t14-/m0/s1. The van der Waals surface area contributed by atoms with Crippen LogP contribution in [-0.2, 0) is 14.8 Å². The van der Waals surface area contributed by atoms with Crippen LogP contribution in [0.3, 0.4) is 0 Å². The van der Waals surface area contributed by atoms with Gasteiger partial charge in [0.25, 0.3) is 0 Å². The molecule has 144 valence electrons. The molecule has 0 aliphatic heterocycles. The first-order valence-electron chi connectivity index (χ1n) is 8.81. The zero-order chi connectivity index (χ0) is 19.2. The van der Waals surface area contributed by atoms with E-state index in [1.165, 1.54) is 56.5 Å². The molecule has 0 unspecified atom stereocenters. The molecule has 1 amide bonds. The Kier molecular flexibility index (Phi) is 7.67. The molecule has 1 aliphatic rings. The first-order valence-corrected chi connectivity index (χ1v) is 11.1. The monoisotopic (exact) mass is 397 g/mol. The lowest BCUT2D eigenvalue weighted by molar-refractivity contribution is -0.120. The Hall–Kier alpha value is -1.38. The maximum atomic E-state index is 12.2. The van der Waals surface area contributed by atoms with Crippen LogP contribution in [0.15, 0.2) is 39.9 Å². The first kappa shape index (κ1) is 20.9. The second-order valence-electron chi connectivity index (χ2n) is 6.53. The summed E-state index contributed by atoms with van der Waals surface area (Å²) in [4.78, 5) is 16.5. The molecular formula is C18H27N3O3S2. The molecular weight excluding hydrogens is 370 g/mol. The smallest absolute Gasteiger partial charge is 0.244 e. The number of allylic oxidation sites excluding steroid dienone is 1. The summed E-state index contributed by atoms with van der Waals surface area (Å²) in [5.74, 6) is -0.0294. The van der Waals surface area contributed by atoms with Crippen LogP contribution in [-0.4, -0.2) is 49.5 Å². The molecule has 6 nitrogen and oxygen atoms in total. The Morgan fingerprint density at radius 2 is 2.12 bits per heavy atom. The van der Waals surface area contributed by atoms with Crippen LogP contribution in [0, 0.1) is 0 Å². The van der Waals surface area contributed by atoms with Crippen molar-refractivity contribution < 1.29 is 13.2 Å². The van der Waals surface area contributed by atoms with Crippen molar-refractivity contribution in [3.05, 3.63) is 30.0 Å². The summed E-state index contributed by atoms with van der Waals surface area (Å²) >= 11 is 1.32. The molecule has 0 aromatic carbocycles. The zero-order valence-electron chi connectivity index (χ0n) is 15.6. The van der Waals surface area contributed by atoms with Crippen LogP contribution in [0.4, 0.5) is 0 Å². The highest BCUT2D eigenvalue weighted by Gasteiger charge is 2.19. The highest BCUT2D eigenvalue weighted by atomic mass is 32.2. The lowest BCUT2D eigenvalue weighted by atomic mass is 9.97. The first-order chi connectivity index (χ1) is 12.3. The Bertz CT molecular complexity index is 743. The van der Waals surface area contributed by atoms with Gasteiger partial charge >= 0.3 is 0 Å². The van der Waals surface area contributed by atoms with Crippen LogP contribution in [0.1, 0.15) is 39.0 Å². The summed E-state index contributed by atoms with van der Waals surface area (Å²) in [6.45, 7) is 2.48. The lowest BCUT2D eigenvalue weighted by Gasteiger charge is -2.15. The number of nitrogens with zero attached hydrogens (tertiary/aromatic N) is 2. The van der Waals surface area contributed by atoms with Crippen molar-refractivity contribution in [1.29, 1.82) is 0 Å². The van der Waals surface area contributed by atoms with Crippen molar-refractivity contribution in [2.75, 3.05) is 20.6 Å². The van der Waals surface area contributed by atoms with E-state index in [0.717, 1.165) is 23.6 Å². The van der Waals surface area contributed by atoms with E-state index in [-0.39, 0.29) is 16.1 Å². The third-order valence-electron chi connectivity index (χ3n) is 4.28. The van der Waals surface area contributed by atoms with E-state index >= 15 is 0 Å². The summed E-state index contributed by atoms with van der Waals surface area (Å²) in [6.07, 6.45) is 9.35. The molecule has 0 fully saturated rings. The molecule has 0 saturated heterocycles. The third kappa shape index (κ3) is 5.82. The molecule has 2 rings (SSSR count). The third-order valence-corrected chi connectivity index (χ3v) is 7.13. The highest BCUT2D eigenvalue weighted by molar-refractivity contribution is 8.00. The van der Waals surface area contributed by atoms with Crippen LogP contribution < -0.4 is 5.32 Å². The van der Waals surface area contributed by atoms with Gasteiger partial charge in [0.15, 0.2) is 0 Å². The molecule has 8 heteroatoms.